The fraction of sp³-hybridized carbons (Fsp3) is 0.462. The van der Waals surface area contributed by atoms with E-state index in [9.17, 15) is 29.0 Å². The van der Waals surface area contributed by atoms with E-state index in [0.29, 0.717) is 35.2 Å². The minimum Gasteiger partial charge on any atom is -0.458 e. The molecule has 0 bridgehead atoms. The Morgan fingerprint density at radius 1 is 1.36 bits per heavy atom. The van der Waals surface area contributed by atoms with Gasteiger partial charge in [-0.1, -0.05) is 6.92 Å². The first-order chi connectivity index (χ1) is 17.2. The number of aromatic nitrogens is 1. The first-order valence-corrected chi connectivity index (χ1v) is 12.2. The number of amides is 2. The van der Waals surface area contributed by atoms with Crippen LogP contribution in [0.2, 0.25) is 0 Å². The van der Waals surface area contributed by atoms with Crippen molar-refractivity contribution in [1.29, 1.82) is 0 Å². The summed E-state index contributed by atoms with van der Waals surface area (Å²) in [6, 6.07) is 0.407. The van der Waals surface area contributed by atoms with Gasteiger partial charge in [-0.3, -0.25) is 14.6 Å². The Hall–Kier alpha value is -3.37. The molecule has 1 aromatic carbocycles. The average molecular weight is 496 g/mol. The third-order valence-electron chi connectivity index (χ3n) is 8.28. The van der Waals surface area contributed by atoms with Gasteiger partial charge in [0.2, 0.25) is 5.91 Å². The number of hydrogen-bond acceptors (Lipinski definition) is 7. The van der Waals surface area contributed by atoms with Gasteiger partial charge in [0.05, 0.1) is 28.9 Å². The summed E-state index contributed by atoms with van der Waals surface area (Å²) in [6.07, 6.45) is 1.33. The summed E-state index contributed by atoms with van der Waals surface area (Å²) < 4.78 is 20.0. The molecule has 0 saturated heterocycles. The number of cyclic esters (lactones) is 1. The molecule has 10 heteroatoms. The van der Waals surface area contributed by atoms with Crippen molar-refractivity contribution in [2.45, 2.75) is 63.8 Å². The number of carbonyl (C=O) groups excluding carboxylic acids is 3. The van der Waals surface area contributed by atoms with Gasteiger partial charge in [0.1, 0.15) is 19.0 Å². The molecule has 2 aromatic rings. The number of carbonyl (C=O) groups is 3. The Bertz CT molecular complexity index is 1420. The van der Waals surface area contributed by atoms with E-state index in [1.165, 1.54) is 6.07 Å². The lowest BCUT2D eigenvalue weighted by molar-refractivity contribution is -0.165. The highest BCUT2D eigenvalue weighted by Gasteiger charge is 2.53. The number of benzene rings is 1. The minimum atomic E-state index is -1.88. The molecule has 6 rings (SSSR count). The maximum Gasteiger partial charge on any atom is 0.342 e. The van der Waals surface area contributed by atoms with Crippen LogP contribution in [0.3, 0.4) is 0 Å². The quantitative estimate of drug-likeness (QED) is 0.551. The number of aryl methyl sites for hydroxylation is 1. The lowest BCUT2D eigenvalue weighted by atomic mass is 9.78. The topological polar surface area (TPSA) is 129 Å². The Morgan fingerprint density at radius 3 is 2.86 bits per heavy atom. The molecule has 0 spiro atoms. The molecule has 0 radical (unpaired) electrons. The van der Waals surface area contributed by atoms with Crippen LogP contribution in [0.4, 0.5) is 4.39 Å². The predicted molar refractivity (Wildman–Crippen MR) is 124 cm³/mol. The second-order valence-electron chi connectivity index (χ2n) is 9.96. The number of hydrogen-bond donors (Lipinski definition) is 3. The van der Waals surface area contributed by atoms with Crippen molar-refractivity contribution in [2.75, 3.05) is 13.2 Å². The monoisotopic (exact) mass is 495 g/mol. The van der Waals surface area contributed by atoms with E-state index in [1.54, 1.807) is 18.7 Å². The molecule has 2 unspecified atom stereocenters. The zero-order valence-electron chi connectivity index (χ0n) is 20.0. The van der Waals surface area contributed by atoms with Gasteiger partial charge in [-0.25, -0.2) is 9.18 Å². The molecule has 3 N–H and O–H groups in total. The number of esters is 1. The summed E-state index contributed by atoms with van der Waals surface area (Å²) >= 11 is 0. The van der Waals surface area contributed by atoms with Gasteiger partial charge in [0.15, 0.2) is 5.60 Å². The molecule has 36 heavy (non-hydrogen) atoms. The summed E-state index contributed by atoms with van der Waals surface area (Å²) in [5.41, 5.74) is 2.72. The van der Waals surface area contributed by atoms with E-state index in [4.69, 9.17) is 9.72 Å². The zero-order chi connectivity index (χ0) is 25.5. The van der Waals surface area contributed by atoms with Crippen molar-refractivity contribution >= 4 is 28.7 Å². The second-order valence-corrected chi connectivity index (χ2v) is 9.96. The van der Waals surface area contributed by atoms with Gasteiger partial charge in [0, 0.05) is 23.6 Å². The maximum absolute atomic E-state index is 14.9. The predicted octanol–water partition coefficient (Wildman–Crippen LogP) is 1.56. The van der Waals surface area contributed by atoms with Crippen molar-refractivity contribution in [3.05, 3.63) is 51.0 Å². The van der Waals surface area contributed by atoms with Crippen molar-refractivity contribution in [3.63, 3.8) is 0 Å². The summed E-state index contributed by atoms with van der Waals surface area (Å²) in [7, 11) is 0. The van der Waals surface area contributed by atoms with Crippen molar-refractivity contribution in [2.24, 2.45) is 0 Å². The average Bonchev–Trinajstić information content (AvgIpc) is 3.24. The van der Waals surface area contributed by atoms with Gasteiger partial charge in [-0.2, -0.15) is 0 Å². The number of aliphatic hydroxyl groups is 2. The highest BCUT2D eigenvalue weighted by Crippen LogP contribution is 2.51. The molecule has 4 aliphatic rings. The SMILES string of the molecule is CC[C@@]1(O)C(=O)OCC2=C1CC1c3nc4cc(F)c(C)c5c4c(c3CN1C2=O)C(NC(=O)CO)CC5. The molecule has 2 amide bonds. The second kappa shape index (κ2) is 7.81. The molecule has 0 saturated carbocycles. The Kier molecular flexibility index (Phi) is 5.00. The number of pyridine rings is 1. The number of ether oxygens (including phenoxy) is 1. The highest BCUT2D eigenvalue weighted by molar-refractivity contribution is 6.01. The Balaban J connectivity index is 1.56. The summed E-state index contributed by atoms with van der Waals surface area (Å²) in [5.74, 6) is -1.99. The smallest absolute Gasteiger partial charge is 0.342 e. The van der Waals surface area contributed by atoms with Gasteiger partial charge >= 0.3 is 5.97 Å². The number of aliphatic hydroxyl groups excluding tert-OH is 1. The van der Waals surface area contributed by atoms with Crippen LogP contribution < -0.4 is 5.32 Å². The number of fused-ring (bicyclic) bond motifs is 4. The Labute approximate surface area is 205 Å². The van der Waals surface area contributed by atoms with E-state index in [-0.39, 0.29) is 43.3 Å². The van der Waals surface area contributed by atoms with Crippen LogP contribution in [0.15, 0.2) is 17.2 Å². The molecule has 9 nitrogen and oxygen atoms in total. The van der Waals surface area contributed by atoms with E-state index < -0.39 is 36.2 Å². The van der Waals surface area contributed by atoms with Gasteiger partial charge in [-0.15, -0.1) is 0 Å². The molecule has 3 atom stereocenters. The maximum atomic E-state index is 14.9. The molecule has 188 valence electrons. The number of nitrogens with one attached hydrogen (secondary N) is 1. The van der Waals surface area contributed by atoms with Gasteiger partial charge in [0.25, 0.3) is 5.91 Å². The van der Waals surface area contributed by atoms with Crippen molar-refractivity contribution < 1.29 is 33.7 Å². The normalized spacial score (nSPS) is 26.5. The summed E-state index contributed by atoms with van der Waals surface area (Å²) in [5, 5.41) is 24.1. The number of nitrogens with zero attached hydrogens (tertiary/aromatic N) is 2. The van der Waals surface area contributed by atoms with E-state index in [1.807, 2.05) is 0 Å². The zero-order valence-corrected chi connectivity index (χ0v) is 20.0. The number of halogens is 1. The first kappa shape index (κ1) is 23.1. The third kappa shape index (κ3) is 2.94. The Morgan fingerprint density at radius 2 is 2.14 bits per heavy atom. The van der Waals surface area contributed by atoms with Crippen LogP contribution >= 0.6 is 0 Å². The van der Waals surface area contributed by atoms with Crippen LogP contribution in [0, 0.1) is 12.7 Å². The van der Waals surface area contributed by atoms with Crippen LogP contribution in [0.25, 0.3) is 10.9 Å². The molecule has 0 fully saturated rings. The minimum absolute atomic E-state index is 0.0665. The first-order valence-electron chi connectivity index (χ1n) is 12.2. The molecule has 4 heterocycles. The highest BCUT2D eigenvalue weighted by atomic mass is 19.1. The van der Waals surface area contributed by atoms with Crippen LogP contribution in [-0.4, -0.2) is 56.7 Å². The third-order valence-corrected chi connectivity index (χ3v) is 8.28. The molecule has 1 aliphatic carbocycles. The van der Waals surface area contributed by atoms with Gasteiger partial charge < -0.3 is 25.2 Å². The lowest BCUT2D eigenvalue weighted by Crippen LogP contribution is -2.51. The standard InChI is InChI=1S/C26H26FN3O6/c1-3-26(35)15-6-19-23-13(8-30(19)24(33)14(15)10-36-25(26)34)22-17(28-20(32)9-31)5-4-12-11(2)16(27)7-18(29-23)21(12)22/h7,17,19,31,35H,3-6,8-10H2,1-2H3,(H,28,32)/t17?,19?,26-/m0/s1. The van der Waals surface area contributed by atoms with Crippen molar-refractivity contribution in [1.82, 2.24) is 15.2 Å². The summed E-state index contributed by atoms with van der Waals surface area (Å²) in [6.45, 7) is 2.76. The number of rotatable bonds is 3. The molecular formula is C26H26FN3O6. The van der Waals surface area contributed by atoms with Crippen LogP contribution in [-0.2, 0) is 32.1 Å². The van der Waals surface area contributed by atoms with E-state index in [0.717, 1.165) is 22.1 Å². The lowest BCUT2D eigenvalue weighted by Gasteiger charge is -2.41. The van der Waals surface area contributed by atoms with E-state index in [2.05, 4.69) is 5.32 Å². The van der Waals surface area contributed by atoms with Crippen LogP contribution in [0.1, 0.15) is 66.2 Å². The largest absolute Gasteiger partial charge is 0.458 e. The van der Waals surface area contributed by atoms with Gasteiger partial charge in [-0.05, 0) is 54.9 Å². The molecule has 1 aromatic heterocycles. The fourth-order valence-corrected chi connectivity index (χ4v) is 6.39. The van der Waals surface area contributed by atoms with E-state index >= 15 is 0 Å². The van der Waals surface area contributed by atoms with Crippen molar-refractivity contribution in [3.8, 4) is 0 Å². The molecular weight excluding hydrogens is 469 g/mol. The molecule has 3 aliphatic heterocycles. The van der Waals surface area contributed by atoms with Crippen LogP contribution in [0.5, 0.6) is 0 Å². The summed E-state index contributed by atoms with van der Waals surface area (Å²) in [4.78, 5) is 44.7. The fourth-order valence-electron chi connectivity index (χ4n) is 6.39.